The first-order chi connectivity index (χ1) is 8.72. The van der Waals surface area contributed by atoms with Gasteiger partial charge in [0.25, 0.3) is 0 Å². The number of amides is 1. The summed E-state index contributed by atoms with van der Waals surface area (Å²) in [4.78, 5) is 13.2. The number of hydrogen-bond donors (Lipinski definition) is 2. The molecule has 1 aliphatic rings. The lowest BCUT2D eigenvalue weighted by Crippen LogP contribution is -2.38. The molecule has 0 aromatic heterocycles. The van der Waals surface area contributed by atoms with Crippen LogP contribution < -0.4 is 0 Å². The van der Waals surface area contributed by atoms with Gasteiger partial charge in [0.1, 0.15) is 6.61 Å². The fourth-order valence-corrected chi connectivity index (χ4v) is 2.57. The summed E-state index contributed by atoms with van der Waals surface area (Å²) < 4.78 is 0. The van der Waals surface area contributed by atoms with Gasteiger partial charge in [-0.15, -0.1) is 0 Å². The molecule has 1 heterocycles. The predicted octanol–water partition coefficient (Wildman–Crippen LogP) is 1.09. The van der Waals surface area contributed by atoms with Gasteiger partial charge in [-0.25, -0.2) is 0 Å². The van der Waals surface area contributed by atoms with Crippen molar-refractivity contribution >= 4 is 5.91 Å². The second kappa shape index (κ2) is 5.98. The summed E-state index contributed by atoms with van der Waals surface area (Å²) >= 11 is 0. The normalized spacial score (nSPS) is 21.0. The number of rotatable bonds is 4. The zero-order valence-corrected chi connectivity index (χ0v) is 10.3. The van der Waals surface area contributed by atoms with Crippen LogP contribution in [-0.2, 0) is 4.79 Å². The van der Waals surface area contributed by atoms with Gasteiger partial charge in [-0.3, -0.25) is 4.79 Å². The Morgan fingerprint density at radius 3 is 2.78 bits per heavy atom. The fraction of sp³-hybridized carbons (Fsp3) is 0.500. The molecular formula is C14H19NO3. The minimum atomic E-state index is -0.553. The highest BCUT2D eigenvalue weighted by Crippen LogP contribution is 2.27. The molecule has 1 saturated heterocycles. The Morgan fingerprint density at radius 2 is 2.11 bits per heavy atom. The van der Waals surface area contributed by atoms with E-state index in [9.17, 15) is 9.90 Å². The Balaban J connectivity index is 1.98. The maximum Gasteiger partial charge on any atom is 0.248 e. The molecule has 2 unspecified atom stereocenters. The summed E-state index contributed by atoms with van der Waals surface area (Å²) in [7, 11) is 0. The first kappa shape index (κ1) is 13.1. The molecule has 1 fully saturated rings. The van der Waals surface area contributed by atoms with Crippen molar-refractivity contribution < 1.29 is 15.0 Å². The maximum absolute atomic E-state index is 11.5. The van der Waals surface area contributed by atoms with Gasteiger partial charge in [0.2, 0.25) is 5.91 Å². The van der Waals surface area contributed by atoms with Crippen molar-refractivity contribution in [2.75, 3.05) is 13.2 Å². The van der Waals surface area contributed by atoms with Crippen LogP contribution in [0.3, 0.4) is 0 Å². The second-order valence-corrected chi connectivity index (χ2v) is 4.70. The number of benzene rings is 1. The molecule has 98 valence electrons. The lowest BCUT2D eigenvalue weighted by molar-refractivity contribution is -0.135. The second-order valence-electron chi connectivity index (χ2n) is 4.70. The van der Waals surface area contributed by atoms with E-state index in [2.05, 4.69) is 0 Å². The van der Waals surface area contributed by atoms with Gasteiger partial charge in [0.05, 0.1) is 6.10 Å². The van der Waals surface area contributed by atoms with Crippen LogP contribution >= 0.6 is 0 Å². The largest absolute Gasteiger partial charge is 0.388 e. The van der Waals surface area contributed by atoms with E-state index in [0.29, 0.717) is 13.0 Å². The van der Waals surface area contributed by atoms with E-state index in [1.54, 1.807) is 4.90 Å². The first-order valence-electron chi connectivity index (χ1n) is 6.35. The van der Waals surface area contributed by atoms with E-state index in [4.69, 9.17) is 5.11 Å². The molecule has 2 N–H and O–H groups in total. The smallest absolute Gasteiger partial charge is 0.248 e. The average molecular weight is 249 g/mol. The highest BCUT2D eigenvalue weighted by Gasteiger charge is 2.29. The molecule has 18 heavy (non-hydrogen) atoms. The fourth-order valence-electron chi connectivity index (χ4n) is 2.57. The number of carbonyl (C=O) groups is 1. The molecule has 2 atom stereocenters. The van der Waals surface area contributed by atoms with E-state index < -0.39 is 12.7 Å². The molecule has 0 saturated carbocycles. The topological polar surface area (TPSA) is 60.8 Å². The number of hydrogen-bond acceptors (Lipinski definition) is 3. The Hall–Kier alpha value is -1.39. The molecule has 1 aromatic rings. The summed E-state index contributed by atoms with van der Waals surface area (Å²) in [6.45, 7) is 0.240. The van der Waals surface area contributed by atoms with Crippen LogP contribution in [-0.4, -0.2) is 40.2 Å². The van der Waals surface area contributed by atoms with Crippen molar-refractivity contribution in [1.29, 1.82) is 0 Å². The van der Waals surface area contributed by atoms with Crippen molar-refractivity contribution in [3.05, 3.63) is 35.9 Å². The third-order valence-corrected chi connectivity index (χ3v) is 3.51. The molecule has 4 nitrogen and oxygen atoms in total. The molecule has 4 heteroatoms. The molecule has 0 bridgehead atoms. The van der Waals surface area contributed by atoms with Crippen molar-refractivity contribution in [3.8, 4) is 0 Å². The highest BCUT2D eigenvalue weighted by atomic mass is 16.3. The number of likely N-dealkylation sites (tertiary alicyclic amines) is 1. The standard InChI is InChI=1S/C14H19NO3/c16-10-14(18)15-8-4-7-12(15)9-13(17)11-5-2-1-3-6-11/h1-3,5-6,12-13,16-17H,4,7-10H2. The predicted molar refractivity (Wildman–Crippen MR) is 67.8 cm³/mol. The highest BCUT2D eigenvalue weighted by molar-refractivity contribution is 5.77. The SMILES string of the molecule is O=C(CO)N1CCCC1CC(O)c1ccccc1. The first-order valence-corrected chi connectivity index (χ1v) is 6.35. The monoisotopic (exact) mass is 249 g/mol. The molecule has 0 radical (unpaired) electrons. The maximum atomic E-state index is 11.5. The molecule has 1 aliphatic heterocycles. The Morgan fingerprint density at radius 1 is 1.39 bits per heavy atom. The molecule has 1 aromatic carbocycles. The van der Waals surface area contributed by atoms with Crippen molar-refractivity contribution in [2.45, 2.75) is 31.4 Å². The molecular weight excluding hydrogens is 230 g/mol. The summed E-state index contributed by atoms with van der Waals surface area (Å²) in [6, 6.07) is 9.51. The van der Waals surface area contributed by atoms with Crippen molar-refractivity contribution in [3.63, 3.8) is 0 Å². The minimum Gasteiger partial charge on any atom is -0.388 e. The lowest BCUT2D eigenvalue weighted by Gasteiger charge is -2.26. The molecule has 0 aliphatic carbocycles. The van der Waals surface area contributed by atoms with Gasteiger partial charge >= 0.3 is 0 Å². The summed E-state index contributed by atoms with van der Waals surface area (Å²) in [6.07, 6.45) is 1.83. The van der Waals surface area contributed by atoms with Crippen LogP contribution in [0.25, 0.3) is 0 Å². The number of aliphatic hydroxyl groups is 2. The minimum absolute atomic E-state index is 0.0415. The third kappa shape index (κ3) is 2.89. The van der Waals surface area contributed by atoms with Crippen LogP contribution in [0.4, 0.5) is 0 Å². The Bertz CT molecular complexity index is 393. The number of nitrogens with zero attached hydrogens (tertiary/aromatic N) is 1. The van der Waals surface area contributed by atoms with Crippen LogP contribution in [0.2, 0.25) is 0 Å². The molecule has 1 amide bonds. The van der Waals surface area contributed by atoms with E-state index in [1.165, 1.54) is 0 Å². The number of carbonyl (C=O) groups excluding carboxylic acids is 1. The quantitative estimate of drug-likeness (QED) is 0.840. The Kier molecular flexibility index (Phi) is 4.33. The van der Waals surface area contributed by atoms with Gasteiger partial charge in [0.15, 0.2) is 0 Å². The van der Waals surface area contributed by atoms with Gasteiger partial charge < -0.3 is 15.1 Å². The Labute approximate surface area is 107 Å². The van der Waals surface area contributed by atoms with Crippen LogP contribution in [0, 0.1) is 0 Å². The van der Waals surface area contributed by atoms with Crippen molar-refractivity contribution in [1.82, 2.24) is 4.90 Å². The number of aliphatic hydroxyl groups excluding tert-OH is 2. The third-order valence-electron chi connectivity index (χ3n) is 3.51. The van der Waals surface area contributed by atoms with E-state index in [1.807, 2.05) is 30.3 Å². The van der Waals surface area contributed by atoms with E-state index in [0.717, 1.165) is 18.4 Å². The zero-order chi connectivity index (χ0) is 13.0. The van der Waals surface area contributed by atoms with E-state index in [-0.39, 0.29) is 11.9 Å². The van der Waals surface area contributed by atoms with Crippen LogP contribution in [0.15, 0.2) is 30.3 Å². The van der Waals surface area contributed by atoms with Crippen LogP contribution in [0.1, 0.15) is 30.9 Å². The van der Waals surface area contributed by atoms with Gasteiger partial charge in [-0.1, -0.05) is 30.3 Å². The van der Waals surface area contributed by atoms with Gasteiger partial charge in [-0.2, -0.15) is 0 Å². The van der Waals surface area contributed by atoms with Gasteiger partial charge in [0, 0.05) is 12.6 Å². The molecule has 2 rings (SSSR count). The van der Waals surface area contributed by atoms with Crippen molar-refractivity contribution in [2.24, 2.45) is 0 Å². The summed E-state index contributed by atoms with van der Waals surface area (Å²) in [5.41, 5.74) is 0.876. The lowest BCUT2D eigenvalue weighted by atomic mass is 10.0. The molecule has 0 spiro atoms. The van der Waals surface area contributed by atoms with E-state index >= 15 is 0 Å². The van der Waals surface area contributed by atoms with Crippen LogP contribution in [0.5, 0.6) is 0 Å². The summed E-state index contributed by atoms with van der Waals surface area (Å²) in [5.74, 6) is -0.238. The summed E-state index contributed by atoms with van der Waals surface area (Å²) in [5, 5.41) is 19.1. The van der Waals surface area contributed by atoms with Gasteiger partial charge in [-0.05, 0) is 24.8 Å². The average Bonchev–Trinajstić information content (AvgIpc) is 2.87. The zero-order valence-electron chi connectivity index (χ0n) is 10.3.